The van der Waals surface area contributed by atoms with Gasteiger partial charge in [0.1, 0.15) is 11.3 Å². The Bertz CT molecular complexity index is 1480. The lowest BCUT2D eigenvalue weighted by molar-refractivity contribution is 0.414. The van der Waals surface area contributed by atoms with E-state index in [2.05, 4.69) is 20.5 Å². The predicted octanol–water partition coefficient (Wildman–Crippen LogP) is 4.45. The first-order valence-electron chi connectivity index (χ1n) is 9.95. The van der Waals surface area contributed by atoms with Crippen LogP contribution in [-0.4, -0.2) is 36.9 Å². The Balaban J connectivity index is 1.54. The number of aromatic nitrogens is 6. The standard InChI is InChI=1S/C23H17ClN6O2S/c1-32-18-12-10-17(11-13-18)30-21(15-6-8-16(24)9-7-15)26-27-23(30)33-14-29-22(31)19-4-2-3-5-20(19)25-28-29/h2-13H,14H2,1H3. The summed E-state index contributed by atoms with van der Waals surface area (Å²) in [5, 5.41) is 18.8. The summed E-state index contributed by atoms with van der Waals surface area (Å²) in [4.78, 5) is 12.8. The van der Waals surface area contributed by atoms with Gasteiger partial charge in [-0.3, -0.25) is 9.36 Å². The van der Waals surface area contributed by atoms with E-state index in [1.165, 1.54) is 16.4 Å². The average molecular weight is 477 g/mol. The van der Waals surface area contributed by atoms with Crippen molar-refractivity contribution in [3.63, 3.8) is 0 Å². The van der Waals surface area contributed by atoms with Crippen LogP contribution in [0.15, 0.2) is 82.7 Å². The van der Waals surface area contributed by atoms with E-state index >= 15 is 0 Å². The van der Waals surface area contributed by atoms with Crippen molar-refractivity contribution >= 4 is 34.3 Å². The lowest BCUT2D eigenvalue weighted by Gasteiger charge is -2.11. The third kappa shape index (κ3) is 4.20. The van der Waals surface area contributed by atoms with Gasteiger partial charge >= 0.3 is 0 Å². The van der Waals surface area contributed by atoms with Crippen LogP contribution in [0.3, 0.4) is 0 Å². The zero-order chi connectivity index (χ0) is 22.8. The Morgan fingerprint density at radius 1 is 0.939 bits per heavy atom. The fraction of sp³-hybridized carbons (Fsp3) is 0.0870. The summed E-state index contributed by atoms with van der Waals surface area (Å²) < 4.78 is 8.53. The minimum atomic E-state index is -0.207. The van der Waals surface area contributed by atoms with E-state index in [9.17, 15) is 4.79 Å². The van der Waals surface area contributed by atoms with E-state index in [1.807, 2.05) is 53.1 Å². The van der Waals surface area contributed by atoms with Gasteiger partial charge in [-0.1, -0.05) is 40.7 Å². The number of fused-ring (bicyclic) bond motifs is 1. The monoisotopic (exact) mass is 476 g/mol. The van der Waals surface area contributed by atoms with Crippen molar-refractivity contribution in [2.75, 3.05) is 7.11 Å². The normalized spacial score (nSPS) is 11.1. The van der Waals surface area contributed by atoms with E-state index in [-0.39, 0.29) is 11.4 Å². The third-order valence-electron chi connectivity index (χ3n) is 5.01. The lowest BCUT2D eigenvalue weighted by atomic mass is 10.2. The molecule has 0 aliphatic rings. The second-order valence-electron chi connectivity index (χ2n) is 7.03. The molecule has 2 aromatic heterocycles. The summed E-state index contributed by atoms with van der Waals surface area (Å²) in [7, 11) is 1.62. The number of hydrogen-bond acceptors (Lipinski definition) is 7. The van der Waals surface area contributed by atoms with Gasteiger partial charge in [-0.05, 0) is 60.7 Å². The first-order chi connectivity index (χ1) is 16.1. The molecule has 164 valence electrons. The first kappa shape index (κ1) is 21.2. The van der Waals surface area contributed by atoms with Gasteiger partial charge in [-0.15, -0.1) is 15.3 Å². The van der Waals surface area contributed by atoms with Gasteiger partial charge in [0.05, 0.1) is 18.4 Å². The number of methoxy groups -OCH3 is 1. The zero-order valence-electron chi connectivity index (χ0n) is 17.4. The molecule has 0 aliphatic carbocycles. The Kier molecular flexibility index (Phi) is 5.80. The molecule has 0 saturated carbocycles. The summed E-state index contributed by atoms with van der Waals surface area (Å²) >= 11 is 7.40. The highest BCUT2D eigenvalue weighted by Gasteiger charge is 2.17. The van der Waals surface area contributed by atoms with Crippen molar-refractivity contribution in [1.29, 1.82) is 0 Å². The number of benzene rings is 3. The van der Waals surface area contributed by atoms with Crippen molar-refractivity contribution in [3.05, 3.63) is 88.2 Å². The van der Waals surface area contributed by atoms with Gasteiger partial charge in [0.25, 0.3) is 5.56 Å². The summed E-state index contributed by atoms with van der Waals surface area (Å²) in [6.45, 7) is 0. The van der Waals surface area contributed by atoms with E-state index in [4.69, 9.17) is 16.3 Å². The molecule has 0 fully saturated rings. The molecule has 10 heteroatoms. The SMILES string of the molecule is COc1ccc(-n2c(SCn3nnc4ccccc4c3=O)nnc2-c2ccc(Cl)cc2)cc1. The number of thioether (sulfide) groups is 1. The number of nitrogens with zero attached hydrogens (tertiary/aromatic N) is 6. The van der Waals surface area contributed by atoms with Crippen molar-refractivity contribution in [1.82, 2.24) is 29.8 Å². The molecular weight excluding hydrogens is 460 g/mol. The van der Waals surface area contributed by atoms with Crippen LogP contribution in [0.2, 0.25) is 5.02 Å². The molecule has 5 aromatic rings. The minimum Gasteiger partial charge on any atom is -0.497 e. The van der Waals surface area contributed by atoms with Crippen LogP contribution in [0, 0.1) is 0 Å². The maximum absolute atomic E-state index is 12.8. The van der Waals surface area contributed by atoms with E-state index in [0.29, 0.717) is 26.9 Å². The molecular formula is C23H17ClN6O2S. The Morgan fingerprint density at radius 3 is 2.45 bits per heavy atom. The van der Waals surface area contributed by atoms with Gasteiger partial charge in [0.2, 0.25) is 0 Å². The van der Waals surface area contributed by atoms with Crippen LogP contribution >= 0.6 is 23.4 Å². The highest BCUT2D eigenvalue weighted by Crippen LogP contribution is 2.30. The molecule has 0 bridgehead atoms. The molecule has 0 radical (unpaired) electrons. The molecule has 5 rings (SSSR count). The smallest absolute Gasteiger partial charge is 0.278 e. The summed E-state index contributed by atoms with van der Waals surface area (Å²) in [5.41, 5.74) is 2.07. The summed E-state index contributed by atoms with van der Waals surface area (Å²) in [5.74, 6) is 1.62. The van der Waals surface area contributed by atoms with Crippen molar-refractivity contribution in [2.24, 2.45) is 0 Å². The molecule has 0 unspecified atom stereocenters. The fourth-order valence-corrected chi connectivity index (χ4v) is 4.29. The zero-order valence-corrected chi connectivity index (χ0v) is 19.0. The Labute approximate surface area is 197 Å². The number of rotatable bonds is 6. The topological polar surface area (TPSA) is 87.7 Å². The van der Waals surface area contributed by atoms with Gasteiger partial charge in [-0.2, -0.15) is 4.68 Å². The van der Waals surface area contributed by atoms with E-state index in [1.54, 1.807) is 31.4 Å². The molecule has 0 N–H and O–H groups in total. The van der Waals surface area contributed by atoms with Gasteiger partial charge in [0.15, 0.2) is 11.0 Å². The molecule has 0 atom stereocenters. The van der Waals surface area contributed by atoms with Crippen molar-refractivity contribution in [2.45, 2.75) is 11.0 Å². The summed E-state index contributed by atoms with van der Waals surface area (Å²) in [6, 6.07) is 22.1. The molecule has 3 aromatic carbocycles. The molecule has 2 heterocycles. The third-order valence-corrected chi connectivity index (χ3v) is 6.16. The van der Waals surface area contributed by atoms with Crippen LogP contribution in [0.4, 0.5) is 0 Å². The molecule has 0 amide bonds. The van der Waals surface area contributed by atoms with Crippen molar-refractivity contribution in [3.8, 4) is 22.8 Å². The van der Waals surface area contributed by atoms with E-state index in [0.717, 1.165) is 17.0 Å². The molecule has 0 spiro atoms. The highest BCUT2D eigenvalue weighted by molar-refractivity contribution is 7.98. The van der Waals surface area contributed by atoms with Crippen LogP contribution in [0.25, 0.3) is 28.0 Å². The minimum absolute atomic E-state index is 0.207. The maximum atomic E-state index is 12.8. The summed E-state index contributed by atoms with van der Waals surface area (Å²) in [6.07, 6.45) is 0. The van der Waals surface area contributed by atoms with Crippen LogP contribution in [0.5, 0.6) is 5.75 Å². The van der Waals surface area contributed by atoms with Gasteiger partial charge in [0, 0.05) is 16.3 Å². The largest absolute Gasteiger partial charge is 0.497 e. The van der Waals surface area contributed by atoms with Gasteiger partial charge < -0.3 is 4.74 Å². The van der Waals surface area contributed by atoms with Crippen LogP contribution < -0.4 is 10.3 Å². The molecule has 33 heavy (non-hydrogen) atoms. The number of halogens is 1. The first-order valence-corrected chi connectivity index (χ1v) is 11.3. The average Bonchev–Trinajstić information content (AvgIpc) is 3.28. The highest BCUT2D eigenvalue weighted by atomic mass is 35.5. The van der Waals surface area contributed by atoms with Crippen molar-refractivity contribution < 1.29 is 4.74 Å². The Hall–Kier alpha value is -3.69. The molecule has 0 saturated heterocycles. The Morgan fingerprint density at radius 2 is 1.70 bits per heavy atom. The van der Waals surface area contributed by atoms with E-state index < -0.39 is 0 Å². The second-order valence-corrected chi connectivity index (χ2v) is 8.38. The number of ether oxygens (including phenoxy) is 1. The fourth-order valence-electron chi connectivity index (χ4n) is 3.34. The lowest BCUT2D eigenvalue weighted by Crippen LogP contribution is -2.23. The van der Waals surface area contributed by atoms with Crippen LogP contribution in [-0.2, 0) is 5.88 Å². The maximum Gasteiger partial charge on any atom is 0.278 e. The number of hydrogen-bond donors (Lipinski definition) is 0. The molecule has 8 nitrogen and oxygen atoms in total. The quantitative estimate of drug-likeness (QED) is 0.334. The predicted molar refractivity (Wildman–Crippen MR) is 128 cm³/mol. The van der Waals surface area contributed by atoms with Gasteiger partial charge in [-0.25, -0.2) is 0 Å². The molecule has 0 aliphatic heterocycles. The second kappa shape index (κ2) is 9.05. The van der Waals surface area contributed by atoms with Crippen LogP contribution in [0.1, 0.15) is 0 Å².